The molecule has 0 radical (unpaired) electrons. The first-order valence-corrected chi connectivity index (χ1v) is 7.61. The summed E-state index contributed by atoms with van der Waals surface area (Å²) >= 11 is 0. The third kappa shape index (κ3) is 3.52. The zero-order valence-electron chi connectivity index (χ0n) is 10.3. The standard InChI is InChI=1S/C12H16N2O4S/c13-19(17,18)8-10-5-12(16)14(6-10)11-3-1-2-9(4-11)7-15/h1-4,10,15H,5-8H2,(H2,13,17,18). The maximum absolute atomic E-state index is 11.9. The molecule has 1 aromatic carbocycles. The quantitative estimate of drug-likeness (QED) is 0.801. The Morgan fingerprint density at radius 1 is 1.42 bits per heavy atom. The smallest absolute Gasteiger partial charge is 0.227 e. The monoisotopic (exact) mass is 284 g/mol. The van der Waals surface area contributed by atoms with Crippen LogP contribution in [0.5, 0.6) is 0 Å². The molecule has 2 rings (SSSR count). The number of benzene rings is 1. The predicted octanol–water partition coefficient (Wildman–Crippen LogP) is -0.180. The molecule has 7 heteroatoms. The number of nitrogens with two attached hydrogens (primary N) is 1. The number of rotatable bonds is 4. The number of hydrogen-bond donors (Lipinski definition) is 2. The summed E-state index contributed by atoms with van der Waals surface area (Å²) in [5.41, 5.74) is 1.38. The Morgan fingerprint density at radius 3 is 2.79 bits per heavy atom. The lowest BCUT2D eigenvalue weighted by atomic mass is 10.1. The van der Waals surface area contributed by atoms with Gasteiger partial charge in [0.1, 0.15) is 0 Å². The Bertz CT molecular complexity index is 585. The summed E-state index contributed by atoms with van der Waals surface area (Å²) in [7, 11) is -3.57. The van der Waals surface area contributed by atoms with E-state index in [-0.39, 0.29) is 30.6 Å². The highest BCUT2D eigenvalue weighted by Gasteiger charge is 2.32. The van der Waals surface area contributed by atoms with Crippen molar-refractivity contribution in [2.24, 2.45) is 11.1 Å². The van der Waals surface area contributed by atoms with Gasteiger partial charge in [0, 0.05) is 24.6 Å². The van der Waals surface area contributed by atoms with Crippen molar-refractivity contribution in [3.8, 4) is 0 Å². The molecule has 1 heterocycles. The fourth-order valence-electron chi connectivity index (χ4n) is 2.29. The minimum absolute atomic E-state index is 0.101. The Labute approximate surface area is 111 Å². The highest BCUT2D eigenvalue weighted by atomic mass is 32.2. The molecule has 1 unspecified atom stereocenters. The molecule has 0 aromatic heterocycles. The van der Waals surface area contributed by atoms with Crippen LogP contribution in [0.3, 0.4) is 0 Å². The van der Waals surface area contributed by atoms with Crippen LogP contribution in [0, 0.1) is 5.92 Å². The molecule has 1 aromatic rings. The fraction of sp³-hybridized carbons (Fsp3) is 0.417. The lowest BCUT2D eigenvalue weighted by Gasteiger charge is -2.17. The van der Waals surface area contributed by atoms with Gasteiger partial charge in [-0.25, -0.2) is 13.6 Å². The van der Waals surface area contributed by atoms with Crippen molar-refractivity contribution in [2.75, 3.05) is 17.2 Å². The van der Waals surface area contributed by atoms with E-state index < -0.39 is 10.0 Å². The van der Waals surface area contributed by atoms with Crippen LogP contribution in [0.25, 0.3) is 0 Å². The molecule has 0 bridgehead atoms. The maximum atomic E-state index is 11.9. The number of anilines is 1. The normalized spacial score (nSPS) is 20.0. The molecule has 1 fully saturated rings. The molecule has 3 N–H and O–H groups in total. The first kappa shape index (κ1) is 14.0. The van der Waals surface area contributed by atoms with Gasteiger partial charge in [-0.05, 0) is 17.7 Å². The number of carbonyl (C=O) groups excluding carboxylic acids is 1. The Balaban J connectivity index is 2.15. The molecule has 0 saturated carbocycles. The molecule has 19 heavy (non-hydrogen) atoms. The topological polar surface area (TPSA) is 101 Å². The van der Waals surface area contributed by atoms with E-state index in [0.29, 0.717) is 17.8 Å². The van der Waals surface area contributed by atoms with Crippen molar-refractivity contribution in [2.45, 2.75) is 13.0 Å². The number of aliphatic hydroxyl groups is 1. The number of hydrogen-bond acceptors (Lipinski definition) is 4. The molecule has 104 valence electrons. The summed E-state index contributed by atoms with van der Waals surface area (Å²) in [6.07, 6.45) is 0.180. The molecule has 1 saturated heterocycles. The molecule has 1 aliphatic heterocycles. The second-order valence-electron chi connectivity index (χ2n) is 4.73. The molecule has 0 spiro atoms. The van der Waals surface area contributed by atoms with Crippen molar-refractivity contribution < 1.29 is 18.3 Å². The SMILES string of the molecule is NS(=O)(=O)CC1CC(=O)N(c2cccc(CO)c2)C1. The van der Waals surface area contributed by atoms with Gasteiger partial charge in [0.15, 0.2) is 0 Å². The minimum Gasteiger partial charge on any atom is -0.392 e. The van der Waals surface area contributed by atoms with Crippen molar-refractivity contribution in [1.82, 2.24) is 0 Å². The Kier molecular flexibility index (Phi) is 3.88. The zero-order valence-corrected chi connectivity index (χ0v) is 11.1. The molecule has 6 nitrogen and oxygen atoms in total. The summed E-state index contributed by atoms with van der Waals surface area (Å²) < 4.78 is 22.1. The summed E-state index contributed by atoms with van der Waals surface area (Å²) in [5, 5.41) is 14.1. The van der Waals surface area contributed by atoms with E-state index in [1.165, 1.54) is 4.90 Å². The van der Waals surface area contributed by atoms with E-state index in [9.17, 15) is 13.2 Å². The van der Waals surface area contributed by atoms with Crippen LogP contribution in [-0.4, -0.2) is 31.7 Å². The second-order valence-corrected chi connectivity index (χ2v) is 6.39. The number of aliphatic hydroxyl groups excluding tert-OH is 1. The van der Waals surface area contributed by atoms with Gasteiger partial charge >= 0.3 is 0 Å². The van der Waals surface area contributed by atoms with Gasteiger partial charge in [0.05, 0.1) is 12.4 Å². The van der Waals surface area contributed by atoms with Crippen LogP contribution in [0.4, 0.5) is 5.69 Å². The van der Waals surface area contributed by atoms with Crippen molar-refractivity contribution >= 4 is 21.6 Å². The minimum atomic E-state index is -3.57. The number of amides is 1. The molecule has 1 aliphatic rings. The fourth-order valence-corrected chi connectivity index (χ4v) is 3.17. The third-order valence-corrected chi connectivity index (χ3v) is 4.01. The van der Waals surface area contributed by atoms with Crippen molar-refractivity contribution in [1.29, 1.82) is 0 Å². The summed E-state index contributed by atoms with van der Waals surface area (Å²) in [6.45, 7) is 0.237. The Morgan fingerprint density at radius 2 is 2.16 bits per heavy atom. The lowest BCUT2D eigenvalue weighted by molar-refractivity contribution is -0.117. The van der Waals surface area contributed by atoms with E-state index in [4.69, 9.17) is 10.2 Å². The molecule has 0 aliphatic carbocycles. The van der Waals surface area contributed by atoms with Gasteiger partial charge in [-0.1, -0.05) is 12.1 Å². The van der Waals surface area contributed by atoms with Crippen molar-refractivity contribution in [3.63, 3.8) is 0 Å². The molecule has 1 atom stereocenters. The molecular formula is C12H16N2O4S. The first-order chi connectivity index (χ1) is 8.89. The average Bonchev–Trinajstić information content (AvgIpc) is 2.68. The summed E-state index contributed by atoms with van der Waals surface area (Å²) in [4.78, 5) is 13.4. The number of carbonyl (C=O) groups is 1. The van der Waals surface area contributed by atoms with Gasteiger partial charge in [0.25, 0.3) is 0 Å². The lowest BCUT2D eigenvalue weighted by Crippen LogP contribution is -2.27. The van der Waals surface area contributed by atoms with Gasteiger partial charge in [-0.2, -0.15) is 0 Å². The first-order valence-electron chi connectivity index (χ1n) is 5.89. The second kappa shape index (κ2) is 5.28. The maximum Gasteiger partial charge on any atom is 0.227 e. The number of primary sulfonamides is 1. The van der Waals surface area contributed by atoms with E-state index in [1.807, 2.05) is 0 Å². The van der Waals surface area contributed by atoms with E-state index in [0.717, 1.165) is 0 Å². The predicted molar refractivity (Wildman–Crippen MR) is 70.8 cm³/mol. The van der Waals surface area contributed by atoms with E-state index >= 15 is 0 Å². The van der Waals surface area contributed by atoms with Gasteiger partial charge < -0.3 is 10.0 Å². The highest BCUT2D eigenvalue weighted by molar-refractivity contribution is 7.89. The highest BCUT2D eigenvalue weighted by Crippen LogP contribution is 2.26. The average molecular weight is 284 g/mol. The molecule has 1 amide bonds. The van der Waals surface area contributed by atoms with Crippen LogP contribution < -0.4 is 10.0 Å². The van der Waals surface area contributed by atoms with Crippen LogP contribution in [-0.2, 0) is 21.4 Å². The van der Waals surface area contributed by atoms with Crippen LogP contribution in [0.2, 0.25) is 0 Å². The van der Waals surface area contributed by atoms with E-state index in [1.54, 1.807) is 24.3 Å². The zero-order chi connectivity index (χ0) is 14.0. The molecular weight excluding hydrogens is 268 g/mol. The van der Waals surface area contributed by atoms with Crippen LogP contribution in [0.1, 0.15) is 12.0 Å². The van der Waals surface area contributed by atoms with Gasteiger partial charge in [-0.15, -0.1) is 0 Å². The summed E-state index contributed by atoms with van der Waals surface area (Å²) in [6, 6.07) is 6.99. The van der Waals surface area contributed by atoms with E-state index in [2.05, 4.69) is 0 Å². The number of sulfonamides is 1. The van der Waals surface area contributed by atoms with Gasteiger partial charge in [0.2, 0.25) is 15.9 Å². The largest absolute Gasteiger partial charge is 0.392 e. The summed E-state index contributed by atoms with van der Waals surface area (Å²) in [5.74, 6) is -0.585. The van der Waals surface area contributed by atoms with Gasteiger partial charge in [-0.3, -0.25) is 4.79 Å². The third-order valence-electron chi connectivity index (χ3n) is 3.08. The van der Waals surface area contributed by atoms with Crippen LogP contribution in [0.15, 0.2) is 24.3 Å². The van der Waals surface area contributed by atoms with Crippen molar-refractivity contribution in [3.05, 3.63) is 29.8 Å². The van der Waals surface area contributed by atoms with Crippen LogP contribution >= 0.6 is 0 Å². The Hall–Kier alpha value is -1.44. The number of nitrogens with zero attached hydrogens (tertiary/aromatic N) is 1.